The lowest BCUT2D eigenvalue weighted by molar-refractivity contribution is -0.146. The molecular weight excluding hydrogens is 420 g/mol. The van der Waals surface area contributed by atoms with Crippen molar-refractivity contribution in [3.8, 4) is 11.1 Å². The lowest BCUT2D eigenvalue weighted by Gasteiger charge is -2.33. The highest BCUT2D eigenvalue weighted by Crippen LogP contribution is 2.44. The van der Waals surface area contributed by atoms with Crippen LogP contribution < -0.4 is 5.32 Å². The van der Waals surface area contributed by atoms with E-state index in [1.807, 2.05) is 31.2 Å². The Morgan fingerprint density at radius 3 is 2.33 bits per heavy atom. The minimum absolute atomic E-state index is 0.0538. The molecule has 0 saturated carbocycles. The van der Waals surface area contributed by atoms with Crippen molar-refractivity contribution in [3.63, 3.8) is 0 Å². The number of hydrogen-bond donors (Lipinski definition) is 2. The lowest BCUT2D eigenvalue weighted by atomic mass is 9.97. The number of carboxylic acid groups (broad SMARTS) is 1. The summed E-state index contributed by atoms with van der Waals surface area (Å²) in [6, 6.07) is 15.5. The Morgan fingerprint density at radius 2 is 1.73 bits per heavy atom. The maximum Gasteiger partial charge on any atom is 0.407 e. The van der Waals surface area contributed by atoms with Gasteiger partial charge in [0, 0.05) is 19.0 Å². The number of carboxylic acids is 1. The molecule has 1 aliphatic carbocycles. The van der Waals surface area contributed by atoms with Gasteiger partial charge in [0.05, 0.1) is 5.92 Å². The second-order valence-electron chi connectivity index (χ2n) is 8.77. The van der Waals surface area contributed by atoms with E-state index < -0.39 is 24.0 Å². The molecule has 4 rings (SSSR count). The summed E-state index contributed by atoms with van der Waals surface area (Å²) < 4.78 is 5.60. The topological polar surface area (TPSA) is 95.9 Å². The third-order valence-corrected chi connectivity index (χ3v) is 6.59. The van der Waals surface area contributed by atoms with E-state index in [0.717, 1.165) is 22.3 Å². The maximum absolute atomic E-state index is 13.0. The molecule has 2 atom stereocenters. The van der Waals surface area contributed by atoms with Crippen LogP contribution in [0, 0.1) is 5.92 Å². The number of benzene rings is 2. The van der Waals surface area contributed by atoms with E-state index >= 15 is 0 Å². The van der Waals surface area contributed by atoms with Crippen LogP contribution in [0.4, 0.5) is 4.79 Å². The summed E-state index contributed by atoms with van der Waals surface area (Å²) in [5.74, 6) is -1.73. The number of nitrogens with zero attached hydrogens (tertiary/aromatic N) is 1. The van der Waals surface area contributed by atoms with Gasteiger partial charge in [-0.1, -0.05) is 61.9 Å². The van der Waals surface area contributed by atoms with Gasteiger partial charge in [-0.15, -0.1) is 0 Å². The minimum Gasteiger partial charge on any atom is -0.481 e. The number of likely N-dealkylation sites (tertiary alicyclic amines) is 1. The maximum atomic E-state index is 13.0. The van der Waals surface area contributed by atoms with E-state index in [9.17, 15) is 19.5 Å². The van der Waals surface area contributed by atoms with Crippen molar-refractivity contribution in [1.29, 1.82) is 0 Å². The molecule has 2 aliphatic rings. The molecule has 0 unspecified atom stereocenters. The Morgan fingerprint density at radius 1 is 1.09 bits per heavy atom. The van der Waals surface area contributed by atoms with E-state index in [4.69, 9.17) is 4.74 Å². The van der Waals surface area contributed by atoms with Crippen molar-refractivity contribution in [1.82, 2.24) is 10.2 Å². The Hall–Kier alpha value is -3.35. The molecule has 0 aromatic heterocycles. The van der Waals surface area contributed by atoms with Gasteiger partial charge in [-0.05, 0) is 41.5 Å². The Labute approximate surface area is 193 Å². The van der Waals surface area contributed by atoms with Gasteiger partial charge in [-0.3, -0.25) is 9.59 Å². The number of carbonyl (C=O) groups is 3. The quantitative estimate of drug-likeness (QED) is 0.664. The monoisotopic (exact) mass is 450 g/mol. The summed E-state index contributed by atoms with van der Waals surface area (Å²) in [5.41, 5.74) is 4.56. The molecular formula is C26H30N2O5. The molecule has 33 heavy (non-hydrogen) atoms. The van der Waals surface area contributed by atoms with Crippen LogP contribution >= 0.6 is 0 Å². The number of alkyl carbamates (subject to hydrolysis) is 1. The summed E-state index contributed by atoms with van der Waals surface area (Å²) in [6.07, 6.45) is 1.76. The molecule has 2 N–H and O–H groups in total. The highest BCUT2D eigenvalue weighted by atomic mass is 16.5. The standard InChI is InChI=1S/C26H30N2O5/c1-2-8-23(24(29)28-14-7-9-17(15-28)25(30)31)27-26(32)33-16-22-20-12-5-3-10-18(20)19-11-4-6-13-21(19)22/h3-6,10-13,17,22-23H,2,7-9,14-16H2,1H3,(H,27,32)(H,30,31)/t17-,23+/m0/s1. The predicted octanol–water partition coefficient (Wildman–Crippen LogP) is 4.02. The van der Waals surface area contributed by atoms with Gasteiger partial charge in [-0.2, -0.15) is 0 Å². The highest BCUT2D eigenvalue weighted by Gasteiger charge is 2.33. The summed E-state index contributed by atoms with van der Waals surface area (Å²) in [6.45, 7) is 2.81. The van der Waals surface area contributed by atoms with Crippen LogP contribution in [-0.2, 0) is 14.3 Å². The molecule has 1 fully saturated rings. The first-order chi connectivity index (χ1) is 16.0. The fraction of sp³-hybridized carbons (Fsp3) is 0.423. The molecule has 1 heterocycles. The number of rotatable bonds is 7. The number of piperidine rings is 1. The van der Waals surface area contributed by atoms with Crippen molar-refractivity contribution in [2.24, 2.45) is 5.92 Å². The first-order valence-electron chi connectivity index (χ1n) is 11.6. The van der Waals surface area contributed by atoms with Gasteiger partial charge in [0.25, 0.3) is 0 Å². The molecule has 0 bridgehead atoms. The Balaban J connectivity index is 1.40. The third kappa shape index (κ3) is 4.87. The molecule has 7 heteroatoms. The summed E-state index contributed by atoms with van der Waals surface area (Å²) in [7, 11) is 0. The zero-order valence-electron chi connectivity index (χ0n) is 18.8. The molecule has 2 aromatic rings. The number of hydrogen-bond acceptors (Lipinski definition) is 4. The normalized spacial score (nSPS) is 18.2. The number of nitrogens with one attached hydrogen (secondary N) is 1. The smallest absolute Gasteiger partial charge is 0.407 e. The van der Waals surface area contributed by atoms with Crippen LogP contribution in [0.1, 0.15) is 49.7 Å². The molecule has 0 spiro atoms. The van der Waals surface area contributed by atoms with Crippen LogP contribution in [0.5, 0.6) is 0 Å². The highest BCUT2D eigenvalue weighted by molar-refractivity contribution is 5.86. The van der Waals surface area contributed by atoms with Crippen molar-refractivity contribution in [3.05, 3.63) is 59.7 Å². The fourth-order valence-electron chi connectivity index (χ4n) is 4.93. The van der Waals surface area contributed by atoms with Crippen molar-refractivity contribution in [2.75, 3.05) is 19.7 Å². The zero-order chi connectivity index (χ0) is 23.4. The summed E-state index contributed by atoms with van der Waals surface area (Å²) in [5, 5.41) is 12.0. The molecule has 1 aliphatic heterocycles. The second kappa shape index (κ2) is 10.1. The number of amides is 2. The van der Waals surface area contributed by atoms with Crippen molar-refractivity contribution >= 4 is 18.0 Å². The third-order valence-electron chi connectivity index (χ3n) is 6.59. The lowest BCUT2D eigenvalue weighted by Crippen LogP contribution is -2.52. The van der Waals surface area contributed by atoms with Gasteiger partial charge in [0.15, 0.2) is 0 Å². The van der Waals surface area contributed by atoms with Crippen LogP contribution in [0.3, 0.4) is 0 Å². The van der Waals surface area contributed by atoms with E-state index in [0.29, 0.717) is 32.2 Å². The van der Waals surface area contributed by atoms with Crippen LogP contribution in [0.15, 0.2) is 48.5 Å². The van der Waals surface area contributed by atoms with Gasteiger partial charge in [0.1, 0.15) is 12.6 Å². The zero-order valence-corrected chi connectivity index (χ0v) is 18.8. The fourth-order valence-corrected chi connectivity index (χ4v) is 4.93. The second-order valence-corrected chi connectivity index (χ2v) is 8.77. The van der Waals surface area contributed by atoms with E-state index in [-0.39, 0.29) is 25.0 Å². The first-order valence-corrected chi connectivity index (χ1v) is 11.6. The first kappa shape index (κ1) is 22.8. The number of ether oxygens (including phenoxy) is 1. The Bertz CT molecular complexity index is 991. The number of carbonyl (C=O) groups excluding carboxylic acids is 2. The summed E-state index contributed by atoms with van der Waals surface area (Å²) in [4.78, 5) is 38.6. The molecule has 2 aromatic carbocycles. The number of fused-ring (bicyclic) bond motifs is 3. The minimum atomic E-state index is -0.885. The van der Waals surface area contributed by atoms with Gasteiger partial charge >= 0.3 is 12.1 Å². The Kier molecular flexibility index (Phi) is 6.96. The van der Waals surface area contributed by atoms with Gasteiger partial charge in [-0.25, -0.2) is 4.79 Å². The number of aliphatic carboxylic acids is 1. The van der Waals surface area contributed by atoms with Crippen molar-refractivity contribution in [2.45, 2.75) is 44.6 Å². The van der Waals surface area contributed by atoms with E-state index in [1.54, 1.807) is 4.90 Å². The van der Waals surface area contributed by atoms with Gasteiger partial charge in [0.2, 0.25) is 5.91 Å². The predicted molar refractivity (Wildman–Crippen MR) is 124 cm³/mol. The molecule has 7 nitrogen and oxygen atoms in total. The van der Waals surface area contributed by atoms with Crippen LogP contribution in [0.25, 0.3) is 11.1 Å². The average molecular weight is 451 g/mol. The summed E-state index contributed by atoms with van der Waals surface area (Å²) >= 11 is 0. The van der Waals surface area contributed by atoms with Crippen LogP contribution in [0.2, 0.25) is 0 Å². The molecule has 1 saturated heterocycles. The molecule has 174 valence electrons. The van der Waals surface area contributed by atoms with Crippen LogP contribution in [-0.4, -0.2) is 53.7 Å². The molecule has 0 radical (unpaired) electrons. The van der Waals surface area contributed by atoms with E-state index in [2.05, 4.69) is 29.6 Å². The van der Waals surface area contributed by atoms with E-state index in [1.165, 1.54) is 0 Å². The molecule has 2 amide bonds. The van der Waals surface area contributed by atoms with Crippen molar-refractivity contribution < 1.29 is 24.2 Å². The SMILES string of the molecule is CCC[C@@H](NC(=O)OCC1c2ccccc2-c2ccccc21)C(=O)N1CCC[C@H](C(=O)O)C1. The largest absolute Gasteiger partial charge is 0.481 e. The average Bonchev–Trinajstić information content (AvgIpc) is 3.16. The van der Waals surface area contributed by atoms with Gasteiger partial charge < -0.3 is 20.1 Å².